The summed E-state index contributed by atoms with van der Waals surface area (Å²) in [5.41, 5.74) is 6.65. The molecule has 1 saturated carbocycles. The summed E-state index contributed by atoms with van der Waals surface area (Å²) < 4.78 is 0. The van der Waals surface area contributed by atoms with E-state index in [4.69, 9.17) is 5.73 Å². The molecule has 4 N–H and O–H groups in total. The lowest BCUT2D eigenvalue weighted by Gasteiger charge is -2.25. The minimum atomic E-state index is -0.546. The van der Waals surface area contributed by atoms with Crippen LogP contribution in [0.15, 0.2) is 24.3 Å². The molecule has 0 heterocycles. The first kappa shape index (κ1) is 14.3. The SMILES string of the molecule is Cl.N[C@H](c1ccccc1O)[C@@H](O)C1CCCC1. The zero-order valence-electron chi connectivity index (χ0n) is 9.75. The van der Waals surface area contributed by atoms with E-state index in [9.17, 15) is 10.2 Å². The van der Waals surface area contributed by atoms with Crippen molar-refractivity contribution in [3.8, 4) is 5.75 Å². The summed E-state index contributed by atoms with van der Waals surface area (Å²) in [6, 6.07) is 6.49. The molecule has 17 heavy (non-hydrogen) atoms. The average Bonchev–Trinajstić information content (AvgIpc) is 2.81. The summed E-state index contributed by atoms with van der Waals surface area (Å²) in [4.78, 5) is 0. The van der Waals surface area contributed by atoms with Crippen molar-refractivity contribution in [2.24, 2.45) is 11.7 Å². The number of phenols is 1. The number of benzene rings is 1. The molecule has 0 aliphatic heterocycles. The third kappa shape index (κ3) is 3.12. The maximum atomic E-state index is 10.2. The van der Waals surface area contributed by atoms with E-state index in [1.807, 2.05) is 6.07 Å². The van der Waals surface area contributed by atoms with Gasteiger partial charge < -0.3 is 15.9 Å². The molecular formula is C13H20ClNO2. The van der Waals surface area contributed by atoms with Gasteiger partial charge in [-0.2, -0.15) is 0 Å². The molecule has 1 aromatic carbocycles. The third-order valence-electron chi connectivity index (χ3n) is 3.55. The Morgan fingerprint density at radius 1 is 1.18 bits per heavy atom. The number of hydrogen-bond acceptors (Lipinski definition) is 3. The average molecular weight is 258 g/mol. The Morgan fingerprint density at radius 2 is 1.76 bits per heavy atom. The van der Waals surface area contributed by atoms with Crippen LogP contribution in [-0.4, -0.2) is 16.3 Å². The number of aromatic hydroxyl groups is 1. The second-order valence-corrected chi connectivity index (χ2v) is 4.62. The predicted octanol–water partition coefficient (Wildman–Crippen LogP) is 2.36. The van der Waals surface area contributed by atoms with E-state index in [2.05, 4.69) is 0 Å². The van der Waals surface area contributed by atoms with Gasteiger partial charge in [0.05, 0.1) is 12.1 Å². The highest BCUT2D eigenvalue weighted by atomic mass is 35.5. The van der Waals surface area contributed by atoms with E-state index >= 15 is 0 Å². The zero-order valence-corrected chi connectivity index (χ0v) is 10.6. The van der Waals surface area contributed by atoms with Gasteiger partial charge >= 0.3 is 0 Å². The first-order valence-corrected chi connectivity index (χ1v) is 5.91. The van der Waals surface area contributed by atoms with Crippen LogP contribution < -0.4 is 5.73 Å². The first-order chi connectivity index (χ1) is 7.70. The van der Waals surface area contributed by atoms with Gasteiger partial charge in [-0.05, 0) is 24.8 Å². The molecule has 3 nitrogen and oxygen atoms in total. The predicted molar refractivity (Wildman–Crippen MR) is 70.2 cm³/mol. The van der Waals surface area contributed by atoms with Gasteiger partial charge in [0.25, 0.3) is 0 Å². The summed E-state index contributed by atoms with van der Waals surface area (Å²) in [5.74, 6) is 0.460. The Balaban J connectivity index is 0.00000144. The van der Waals surface area contributed by atoms with Crippen LogP contribution in [0.5, 0.6) is 5.75 Å². The fraction of sp³-hybridized carbons (Fsp3) is 0.538. The van der Waals surface area contributed by atoms with Gasteiger partial charge in [-0.1, -0.05) is 31.0 Å². The summed E-state index contributed by atoms with van der Waals surface area (Å²) in [7, 11) is 0. The quantitative estimate of drug-likeness (QED) is 0.779. The highest BCUT2D eigenvalue weighted by Crippen LogP contribution is 2.34. The van der Waals surface area contributed by atoms with Gasteiger partial charge in [0, 0.05) is 5.56 Å². The number of para-hydroxylation sites is 1. The normalized spacial score (nSPS) is 19.6. The largest absolute Gasteiger partial charge is 0.508 e. The summed E-state index contributed by atoms with van der Waals surface area (Å²) in [6.07, 6.45) is 3.89. The van der Waals surface area contributed by atoms with E-state index in [0.717, 1.165) is 12.8 Å². The van der Waals surface area contributed by atoms with E-state index in [0.29, 0.717) is 5.56 Å². The standard InChI is InChI=1S/C13H19NO2.ClH/c14-12(10-7-3-4-8-11(10)15)13(16)9-5-1-2-6-9;/h3-4,7-9,12-13,15-16H,1-2,5-6,14H2;1H/t12-,13+;/m1./s1. The minimum absolute atomic E-state index is 0. The minimum Gasteiger partial charge on any atom is -0.508 e. The van der Waals surface area contributed by atoms with Crippen molar-refractivity contribution >= 4 is 12.4 Å². The van der Waals surface area contributed by atoms with Gasteiger partial charge in [0.2, 0.25) is 0 Å². The molecule has 96 valence electrons. The summed E-state index contributed by atoms with van der Waals surface area (Å²) in [5, 5.41) is 19.8. The zero-order chi connectivity index (χ0) is 11.5. The molecule has 0 bridgehead atoms. The van der Waals surface area contributed by atoms with Crippen molar-refractivity contribution in [3.63, 3.8) is 0 Å². The Morgan fingerprint density at radius 3 is 2.35 bits per heavy atom. The van der Waals surface area contributed by atoms with Crippen LogP contribution in [-0.2, 0) is 0 Å². The van der Waals surface area contributed by atoms with E-state index < -0.39 is 12.1 Å². The Hall–Kier alpha value is -0.770. The van der Waals surface area contributed by atoms with Crippen LogP contribution in [0.2, 0.25) is 0 Å². The lowest BCUT2D eigenvalue weighted by molar-refractivity contribution is 0.0836. The summed E-state index contributed by atoms with van der Waals surface area (Å²) >= 11 is 0. The second kappa shape index (κ2) is 6.24. The molecule has 0 aromatic heterocycles. The molecule has 0 amide bonds. The highest BCUT2D eigenvalue weighted by Gasteiger charge is 2.29. The molecule has 1 fully saturated rings. The van der Waals surface area contributed by atoms with Crippen LogP contribution in [0, 0.1) is 5.92 Å². The molecule has 1 aliphatic carbocycles. The molecule has 1 aliphatic rings. The molecule has 0 spiro atoms. The maximum Gasteiger partial charge on any atom is 0.120 e. The Labute approximate surface area is 108 Å². The second-order valence-electron chi connectivity index (χ2n) is 4.62. The van der Waals surface area contributed by atoms with Crippen LogP contribution in [0.25, 0.3) is 0 Å². The van der Waals surface area contributed by atoms with Crippen LogP contribution >= 0.6 is 12.4 Å². The topological polar surface area (TPSA) is 66.5 Å². The summed E-state index contributed by atoms with van der Waals surface area (Å²) in [6.45, 7) is 0. The molecule has 2 atom stereocenters. The number of phenolic OH excluding ortho intramolecular Hbond substituents is 1. The van der Waals surface area contributed by atoms with Crippen molar-refractivity contribution in [2.75, 3.05) is 0 Å². The molecule has 4 heteroatoms. The number of hydrogen-bond donors (Lipinski definition) is 3. The van der Waals surface area contributed by atoms with Crippen molar-refractivity contribution in [1.29, 1.82) is 0 Å². The number of rotatable bonds is 3. The van der Waals surface area contributed by atoms with Gasteiger partial charge in [-0.3, -0.25) is 0 Å². The monoisotopic (exact) mass is 257 g/mol. The van der Waals surface area contributed by atoms with E-state index in [1.165, 1.54) is 12.8 Å². The van der Waals surface area contributed by atoms with Gasteiger partial charge in [0.15, 0.2) is 0 Å². The maximum absolute atomic E-state index is 10.2. The van der Waals surface area contributed by atoms with Crippen molar-refractivity contribution in [3.05, 3.63) is 29.8 Å². The Kier molecular flexibility index (Phi) is 5.25. The van der Waals surface area contributed by atoms with Crippen molar-refractivity contribution in [2.45, 2.75) is 37.8 Å². The van der Waals surface area contributed by atoms with Crippen molar-refractivity contribution < 1.29 is 10.2 Å². The number of aliphatic hydroxyl groups is 1. The van der Waals surface area contributed by atoms with Crippen LogP contribution in [0.4, 0.5) is 0 Å². The number of aliphatic hydroxyl groups excluding tert-OH is 1. The first-order valence-electron chi connectivity index (χ1n) is 5.91. The number of halogens is 1. The molecule has 0 unspecified atom stereocenters. The molecule has 0 radical (unpaired) electrons. The number of nitrogens with two attached hydrogens (primary N) is 1. The molecular weight excluding hydrogens is 238 g/mol. The fourth-order valence-electron chi connectivity index (χ4n) is 2.55. The van der Waals surface area contributed by atoms with E-state index in [-0.39, 0.29) is 24.1 Å². The molecule has 0 saturated heterocycles. The lowest BCUT2D eigenvalue weighted by atomic mass is 9.90. The van der Waals surface area contributed by atoms with Crippen LogP contribution in [0.3, 0.4) is 0 Å². The third-order valence-corrected chi connectivity index (χ3v) is 3.55. The smallest absolute Gasteiger partial charge is 0.120 e. The van der Waals surface area contributed by atoms with Gasteiger partial charge in [-0.25, -0.2) is 0 Å². The highest BCUT2D eigenvalue weighted by molar-refractivity contribution is 5.85. The molecule has 1 aromatic rings. The van der Waals surface area contributed by atoms with E-state index in [1.54, 1.807) is 18.2 Å². The van der Waals surface area contributed by atoms with Gasteiger partial charge in [-0.15, -0.1) is 12.4 Å². The van der Waals surface area contributed by atoms with Crippen LogP contribution in [0.1, 0.15) is 37.3 Å². The molecule has 2 rings (SSSR count). The lowest BCUT2D eigenvalue weighted by Crippen LogP contribution is -2.31. The fourth-order valence-corrected chi connectivity index (χ4v) is 2.55. The van der Waals surface area contributed by atoms with Crippen molar-refractivity contribution in [1.82, 2.24) is 0 Å². The van der Waals surface area contributed by atoms with Gasteiger partial charge in [0.1, 0.15) is 5.75 Å². The Bertz CT molecular complexity index is 353.